The number of rotatable bonds is 4. The summed E-state index contributed by atoms with van der Waals surface area (Å²) in [6, 6.07) is 14.4. The van der Waals surface area contributed by atoms with Crippen molar-refractivity contribution in [3.05, 3.63) is 59.2 Å². The molecule has 0 saturated heterocycles. The van der Waals surface area contributed by atoms with Crippen LogP contribution in [0.1, 0.15) is 49.8 Å². The number of benzene rings is 2. The molecule has 25 heavy (non-hydrogen) atoms. The van der Waals surface area contributed by atoms with Gasteiger partial charge in [-0.05, 0) is 61.4 Å². The van der Waals surface area contributed by atoms with Crippen LogP contribution in [0.4, 0.5) is 5.69 Å². The van der Waals surface area contributed by atoms with Gasteiger partial charge in [0, 0.05) is 12.2 Å². The fourth-order valence-electron chi connectivity index (χ4n) is 3.44. The molecule has 0 spiro atoms. The van der Waals surface area contributed by atoms with Gasteiger partial charge in [-0.3, -0.25) is 4.79 Å². The summed E-state index contributed by atoms with van der Waals surface area (Å²) in [4.78, 5) is 14.9. The fourth-order valence-corrected chi connectivity index (χ4v) is 3.44. The van der Waals surface area contributed by atoms with Gasteiger partial charge in [-0.1, -0.05) is 44.2 Å². The Kier molecular flexibility index (Phi) is 5.12. The highest BCUT2D eigenvalue weighted by atomic mass is 16.5. The van der Waals surface area contributed by atoms with E-state index in [0.29, 0.717) is 5.92 Å². The zero-order chi connectivity index (χ0) is 18.0. The van der Waals surface area contributed by atoms with Gasteiger partial charge in [-0.15, -0.1) is 0 Å². The molecule has 1 aliphatic rings. The minimum absolute atomic E-state index is 0.0309. The van der Waals surface area contributed by atoms with E-state index in [1.807, 2.05) is 43.0 Å². The van der Waals surface area contributed by atoms with E-state index >= 15 is 0 Å². The van der Waals surface area contributed by atoms with Crippen LogP contribution in [0.5, 0.6) is 5.75 Å². The molecular weight excluding hydrogens is 310 g/mol. The SMILES string of the molecule is Cc1ccc(C(C)C)c(O[C@@H](C)C(=O)N2CCCc3ccccc32)c1. The second-order valence-electron chi connectivity index (χ2n) is 7.18. The number of hydrogen-bond donors (Lipinski definition) is 0. The number of fused-ring (bicyclic) bond motifs is 1. The van der Waals surface area contributed by atoms with E-state index in [4.69, 9.17) is 4.74 Å². The van der Waals surface area contributed by atoms with Crippen LogP contribution in [0.15, 0.2) is 42.5 Å². The van der Waals surface area contributed by atoms with E-state index in [2.05, 4.69) is 32.0 Å². The smallest absolute Gasteiger partial charge is 0.267 e. The Balaban J connectivity index is 1.82. The van der Waals surface area contributed by atoms with Gasteiger partial charge >= 0.3 is 0 Å². The molecule has 1 amide bonds. The maximum absolute atomic E-state index is 13.0. The lowest BCUT2D eigenvalue weighted by molar-refractivity contribution is -0.124. The summed E-state index contributed by atoms with van der Waals surface area (Å²) in [5, 5.41) is 0. The van der Waals surface area contributed by atoms with Crippen LogP contribution in [0.2, 0.25) is 0 Å². The van der Waals surface area contributed by atoms with E-state index in [-0.39, 0.29) is 5.91 Å². The van der Waals surface area contributed by atoms with Gasteiger partial charge in [0.1, 0.15) is 5.75 Å². The van der Waals surface area contributed by atoms with Crippen LogP contribution < -0.4 is 9.64 Å². The Morgan fingerprint density at radius 2 is 1.88 bits per heavy atom. The van der Waals surface area contributed by atoms with Crippen molar-refractivity contribution < 1.29 is 9.53 Å². The van der Waals surface area contributed by atoms with Gasteiger partial charge in [0.25, 0.3) is 5.91 Å². The van der Waals surface area contributed by atoms with Crippen molar-refractivity contribution >= 4 is 11.6 Å². The summed E-state index contributed by atoms with van der Waals surface area (Å²) in [5.41, 5.74) is 4.56. The molecule has 0 fully saturated rings. The average Bonchev–Trinajstić information content (AvgIpc) is 2.60. The number of nitrogens with zero attached hydrogens (tertiary/aromatic N) is 1. The van der Waals surface area contributed by atoms with Gasteiger partial charge in [-0.25, -0.2) is 0 Å². The Morgan fingerprint density at radius 3 is 2.64 bits per heavy atom. The number of para-hydroxylation sites is 1. The second-order valence-corrected chi connectivity index (χ2v) is 7.18. The molecule has 132 valence electrons. The number of hydrogen-bond acceptors (Lipinski definition) is 2. The van der Waals surface area contributed by atoms with Crippen LogP contribution in [0.25, 0.3) is 0 Å². The predicted molar refractivity (Wildman–Crippen MR) is 102 cm³/mol. The van der Waals surface area contributed by atoms with Crippen molar-refractivity contribution in [2.45, 2.75) is 52.6 Å². The summed E-state index contributed by atoms with van der Waals surface area (Å²) in [6.07, 6.45) is 1.52. The highest BCUT2D eigenvalue weighted by molar-refractivity contribution is 5.97. The first-order chi connectivity index (χ1) is 12.0. The van der Waals surface area contributed by atoms with Crippen molar-refractivity contribution in [2.75, 3.05) is 11.4 Å². The van der Waals surface area contributed by atoms with E-state index in [9.17, 15) is 4.79 Å². The highest BCUT2D eigenvalue weighted by Crippen LogP contribution is 2.30. The predicted octanol–water partition coefficient (Wildman–Crippen LogP) is 4.87. The van der Waals surface area contributed by atoms with Gasteiger partial charge in [-0.2, -0.15) is 0 Å². The van der Waals surface area contributed by atoms with Crippen LogP contribution in [-0.4, -0.2) is 18.6 Å². The normalized spacial score (nSPS) is 15.0. The lowest BCUT2D eigenvalue weighted by Crippen LogP contribution is -2.43. The number of carbonyl (C=O) groups excluding carboxylic acids is 1. The lowest BCUT2D eigenvalue weighted by Gasteiger charge is -2.31. The number of aryl methyl sites for hydroxylation is 2. The van der Waals surface area contributed by atoms with Crippen molar-refractivity contribution in [3.63, 3.8) is 0 Å². The molecule has 0 saturated carbocycles. The summed E-state index contributed by atoms with van der Waals surface area (Å²) in [5.74, 6) is 1.21. The number of amides is 1. The van der Waals surface area contributed by atoms with Gasteiger partial charge in [0.2, 0.25) is 0 Å². The average molecular weight is 337 g/mol. The molecule has 3 rings (SSSR count). The first kappa shape index (κ1) is 17.5. The molecule has 3 nitrogen and oxygen atoms in total. The number of anilines is 1. The molecule has 2 aromatic rings. The minimum atomic E-state index is -0.509. The van der Waals surface area contributed by atoms with Crippen LogP contribution in [0, 0.1) is 6.92 Å². The van der Waals surface area contributed by atoms with Gasteiger partial charge in [0.05, 0.1) is 0 Å². The third kappa shape index (κ3) is 3.71. The molecule has 0 unspecified atom stereocenters. The Hall–Kier alpha value is -2.29. The third-order valence-electron chi connectivity index (χ3n) is 4.82. The Morgan fingerprint density at radius 1 is 1.12 bits per heavy atom. The fraction of sp³-hybridized carbons (Fsp3) is 0.409. The van der Waals surface area contributed by atoms with Crippen molar-refractivity contribution in [3.8, 4) is 5.75 Å². The van der Waals surface area contributed by atoms with E-state index in [1.165, 1.54) is 5.56 Å². The Bertz CT molecular complexity index is 766. The third-order valence-corrected chi connectivity index (χ3v) is 4.82. The molecule has 0 radical (unpaired) electrons. The van der Waals surface area contributed by atoms with Crippen LogP contribution >= 0.6 is 0 Å². The Labute approximate surface area is 150 Å². The first-order valence-electron chi connectivity index (χ1n) is 9.14. The monoisotopic (exact) mass is 337 g/mol. The molecule has 1 heterocycles. The minimum Gasteiger partial charge on any atom is -0.481 e. The maximum atomic E-state index is 13.0. The van der Waals surface area contributed by atoms with E-state index in [1.54, 1.807) is 0 Å². The second kappa shape index (κ2) is 7.30. The van der Waals surface area contributed by atoms with E-state index in [0.717, 1.165) is 42.0 Å². The quantitative estimate of drug-likeness (QED) is 0.797. The summed E-state index contributed by atoms with van der Waals surface area (Å²) < 4.78 is 6.13. The van der Waals surface area contributed by atoms with Gasteiger partial charge < -0.3 is 9.64 Å². The zero-order valence-corrected chi connectivity index (χ0v) is 15.6. The molecule has 0 aliphatic carbocycles. The zero-order valence-electron chi connectivity index (χ0n) is 15.6. The van der Waals surface area contributed by atoms with Crippen molar-refractivity contribution in [1.82, 2.24) is 0 Å². The molecule has 0 aromatic heterocycles. The lowest BCUT2D eigenvalue weighted by atomic mass is 10.00. The summed E-state index contributed by atoms with van der Waals surface area (Å²) in [6.45, 7) is 8.94. The van der Waals surface area contributed by atoms with E-state index < -0.39 is 6.10 Å². The number of ether oxygens (including phenoxy) is 1. The topological polar surface area (TPSA) is 29.5 Å². The first-order valence-corrected chi connectivity index (χ1v) is 9.14. The summed E-state index contributed by atoms with van der Waals surface area (Å²) in [7, 11) is 0. The molecule has 2 aromatic carbocycles. The molecule has 1 atom stereocenters. The van der Waals surface area contributed by atoms with Gasteiger partial charge in [0.15, 0.2) is 6.10 Å². The molecule has 0 N–H and O–H groups in total. The maximum Gasteiger partial charge on any atom is 0.267 e. The molecule has 3 heteroatoms. The molecule has 0 bridgehead atoms. The van der Waals surface area contributed by atoms with Crippen molar-refractivity contribution in [1.29, 1.82) is 0 Å². The molecule has 1 aliphatic heterocycles. The summed E-state index contributed by atoms with van der Waals surface area (Å²) >= 11 is 0. The number of carbonyl (C=O) groups is 1. The standard InChI is InChI=1S/C22H27NO2/c1-15(2)19-12-11-16(3)14-21(19)25-17(4)22(24)23-13-7-9-18-8-5-6-10-20(18)23/h5-6,8,10-12,14-15,17H,7,9,13H2,1-4H3/t17-/m0/s1. The molecular formula is C22H27NO2. The van der Waals surface area contributed by atoms with Crippen LogP contribution in [0.3, 0.4) is 0 Å². The highest BCUT2D eigenvalue weighted by Gasteiger charge is 2.27. The van der Waals surface area contributed by atoms with Crippen molar-refractivity contribution in [2.24, 2.45) is 0 Å². The largest absolute Gasteiger partial charge is 0.481 e. The van der Waals surface area contributed by atoms with Crippen LogP contribution in [-0.2, 0) is 11.2 Å².